The van der Waals surface area contributed by atoms with Gasteiger partial charge in [0.15, 0.2) is 5.83 Å². The minimum atomic E-state index is -0.495. The Bertz CT molecular complexity index is 1400. The molecule has 8 heteroatoms. The van der Waals surface area contributed by atoms with Crippen LogP contribution in [0, 0.1) is 0 Å². The van der Waals surface area contributed by atoms with Crippen molar-refractivity contribution < 1.29 is 14.2 Å². The Kier molecular flexibility index (Phi) is 9.30. The molecule has 0 radical (unpaired) electrons. The molecule has 2 saturated heterocycles. The summed E-state index contributed by atoms with van der Waals surface area (Å²) in [4.78, 5) is 18.5. The van der Waals surface area contributed by atoms with Crippen LogP contribution in [0.2, 0.25) is 0 Å². The zero-order valence-electron chi connectivity index (χ0n) is 24.6. The van der Waals surface area contributed by atoms with Gasteiger partial charge >= 0.3 is 0 Å². The molecule has 0 spiro atoms. The minimum absolute atomic E-state index is 0.0749. The predicted molar refractivity (Wildman–Crippen MR) is 167 cm³/mol. The largest absolute Gasteiger partial charge is 0.508 e. The monoisotopic (exact) mass is 559 g/mol. The fourth-order valence-electron chi connectivity index (χ4n) is 6.49. The van der Waals surface area contributed by atoms with Crippen LogP contribution in [0.4, 0.5) is 4.39 Å². The van der Waals surface area contributed by atoms with Gasteiger partial charge in [-0.05, 0) is 74.3 Å². The number of fused-ring (bicyclic) bond motifs is 1. The lowest BCUT2D eigenvalue weighted by Crippen LogP contribution is -2.36. The average Bonchev–Trinajstić information content (AvgIpc) is 3.14. The van der Waals surface area contributed by atoms with Crippen molar-refractivity contribution in [3.8, 4) is 5.75 Å². The summed E-state index contributed by atoms with van der Waals surface area (Å²) in [5.41, 5.74) is 2.65. The molecular formula is C33H42FN5O2. The van der Waals surface area contributed by atoms with Crippen molar-refractivity contribution in [3.63, 3.8) is 0 Å². The van der Waals surface area contributed by atoms with Gasteiger partial charge in [-0.3, -0.25) is 14.9 Å². The number of halogens is 1. The Morgan fingerprint density at radius 3 is 2.61 bits per heavy atom. The van der Waals surface area contributed by atoms with Gasteiger partial charge < -0.3 is 14.7 Å². The number of hydrogen-bond acceptors (Lipinski definition) is 7. The minimum Gasteiger partial charge on any atom is -0.508 e. The molecule has 2 fully saturated rings. The molecule has 0 aliphatic carbocycles. The van der Waals surface area contributed by atoms with E-state index in [-0.39, 0.29) is 23.2 Å². The van der Waals surface area contributed by atoms with Gasteiger partial charge in [-0.15, -0.1) is 0 Å². The summed E-state index contributed by atoms with van der Waals surface area (Å²) in [7, 11) is 3.82. The maximum absolute atomic E-state index is 16.9. The number of aryl methyl sites for hydroxylation is 1. The maximum atomic E-state index is 16.9. The Hall–Kier alpha value is -3.36. The van der Waals surface area contributed by atoms with Crippen LogP contribution < -0.4 is 0 Å². The van der Waals surface area contributed by atoms with Gasteiger partial charge in [-0.25, -0.2) is 9.38 Å². The van der Waals surface area contributed by atoms with Gasteiger partial charge in [0, 0.05) is 44.1 Å². The molecular weight excluding hydrogens is 517 g/mol. The van der Waals surface area contributed by atoms with Crippen molar-refractivity contribution >= 4 is 35.1 Å². The lowest BCUT2D eigenvalue weighted by atomic mass is 9.93. The first kappa shape index (κ1) is 29.1. The third-order valence-electron chi connectivity index (χ3n) is 8.78. The normalized spacial score (nSPS) is 24.4. The van der Waals surface area contributed by atoms with Gasteiger partial charge in [0.25, 0.3) is 0 Å². The Morgan fingerprint density at radius 2 is 1.90 bits per heavy atom. The first-order valence-electron chi connectivity index (χ1n) is 14.9. The Balaban J connectivity index is 1.63. The molecule has 2 atom stereocenters. The number of ether oxygens (including phenoxy) is 1. The number of likely N-dealkylation sites (tertiary alicyclic amines) is 2. The second-order valence-corrected chi connectivity index (χ2v) is 11.3. The fourth-order valence-corrected chi connectivity index (χ4v) is 6.49. The van der Waals surface area contributed by atoms with E-state index in [1.165, 1.54) is 12.8 Å². The van der Waals surface area contributed by atoms with Crippen LogP contribution in [-0.2, 0) is 11.2 Å². The van der Waals surface area contributed by atoms with E-state index in [4.69, 9.17) is 9.73 Å². The molecule has 1 N–H and O–H groups in total. The van der Waals surface area contributed by atoms with Crippen molar-refractivity contribution in [1.29, 1.82) is 0 Å². The molecule has 0 saturated carbocycles. The number of benzene rings is 2. The summed E-state index contributed by atoms with van der Waals surface area (Å²) < 4.78 is 22.3. The first-order chi connectivity index (χ1) is 20.0. The predicted octanol–water partition coefficient (Wildman–Crippen LogP) is 6.17. The molecule has 41 heavy (non-hydrogen) atoms. The molecule has 1 unspecified atom stereocenters. The first-order valence-corrected chi connectivity index (χ1v) is 14.9. The molecule has 2 aromatic rings. The maximum Gasteiger partial charge on any atom is 0.175 e. The number of aliphatic imine (C=N–C) groups is 3. The highest BCUT2D eigenvalue weighted by Crippen LogP contribution is 2.38. The molecule has 7 nitrogen and oxygen atoms in total. The lowest BCUT2D eigenvalue weighted by molar-refractivity contribution is 0.115. The summed E-state index contributed by atoms with van der Waals surface area (Å²) >= 11 is 0. The average molecular weight is 560 g/mol. The molecule has 218 valence electrons. The van der Waals surface area contributed by atoms with Gasteiger partial charge in [-0.1, -0.05) is 38.0 Å². The highest BCUT2D eigenvalue weighted by Gasteiger charge is 2.32. The number of hydrogen-bond donors (Lipinski definition) is 1. The van der Waals surface area contributed by atoms with E-state index in [1.54, 1.807) is 25.5 Å². The number of rotatable bonds is 8. The smallest absolute Gasteiger partial charge is 0.175 e. The molecule has 2 aromatic carbocycles. The van der Waals surface area contributed by atoms with Gasteiger partial charge in [0.05, 0.1) is 18.7 Å². The number of nitrogens with zero attached hydrogens (tertiary/aromatic N) is 5. The Morgan fingerprint density at radius 1 is 1.15 bits per heavy atom. The Labute approximate surface area is 242 Å². The summed E-state index contributed by atoms with van der Waals surface area (Å²) in [6.07, 6.45) is 8.93. The number of aromatic hydroxyl groups is 1. The number of phenols is 1. The number of allylic oxidation sites excluding steroid dienone is 2. The van der Waals surface area contributed by atoms with Gasteiger partial charge in [0.1, 0.15) is 23.0 Å². The molecule has 3 heterocycles. The van der Waals surface area contributed by atoms with Gasteiger partial charge in [-0.2, -0.15) is 0 Å². The van der Waals surface area contributed by atoms with E-state index in [1.807, 2.05) is 18.2 Å². The van der Waals surface area contributed by atoms with E-state index < -0.39 is 5.83 Å². The number of phenolic OH excluding ortho intramolecular Hbond substituents is 1. The van der Waals surface area contributed by atoms with Crippen molar-refractivity contribution in [1.82, 2.24) is 9.80 Å². The number of likely N-dealkylation sites (N-methyl/N-ethyl adjacent to an activating group) is 1. The topological polar surface area (TPSA) is 73.0 Å². The summed E-state index contributed by atoms with van der Waals surface area (Å²) in [5, 5.41) is 12.3. The standard InChI is InChI=1S/C33H42FN5O2/c1-5-22-11-10-12-23-17-26(40)18-27(29(22)23)31-30(34)32(36-19-24-13-14-25(21-41-4)38(24)3)28(20-37-31)33(35-2)39-15-8-6-7-9-16-39/h10-12,17-18,20,24-25,40H,2,5-9,13-16,19,21H2,1,3-4H3/b33-28+,36-32+/t24-,25?/m0/s1. The molecule has 0 aromatic heterocycles. The van der Waals surface area contributed by atoms with Crippen LogP contribution in [0.15, 0.2) is 62.5 Å². The highest BCUT2D eigenvalue weighted by molar-refractivity contribution is 6.29. The van der Waals surface area contributed by atoms with Gasteiger partial charge in [0.2, 0.25) is 0 Å². The fraction of sp³-hybridized carbons (Fsp3) is 0.485. The summed E-state index contributed by atoms with van der Waals surface area (Å²) in [6, 6.07) is 9.79. The SMILES string of the molecule is C=N/C(=C1/C=NC(c2cc(O)cc3cccc(CC)c23)=C(F)/C1=N/C[C@@H]1CCC(COC)N1C)N1CCCCCC1. The number of methoxy groups -OCH3 is 1. The van der Waals surface area contributed by atoms with Crippen LogP contribution in [0.3, 0.4) is 0 Å². The highest BCUT2D eigenvalue weighted by atomic mass is 19.1. The third-order valence-corrected chi connectivity index (χ3v) is 8.78. The van der Waals surface area contributed by atoms with Crippen molar-refractivity contribution in [2.45, 2.75) is 64.0 Å². The summed E-state index contributed by atoms with van der Waals surface area (Å²) in [6.45, 7) is 8.76. The second-order valence-electron chi connectivity index (χ2n) is 11.3. The van der Waals surface area contributed by atoms with Crippen LogP contribution in [-0.4, -0.2) is 86.0 Å². The van der Waals surface area contributed by atoms with E-state index >= 15 is 4.39 Å². The molecule has 3 aliphatic rings. The van der Waals surface area contributed by atoms with Crippen molar-refractivity contribution in [2.24, 2.45) is 15.0 Å². The molecule has 0 amide bonds. The van der Waals surface area contributed by atoms with Crippen LogP contribution in [0.1, 0.15) is 56.6 Å². The third kappa shape index (κ3) is 5.99. The van der Waals surface area contributed by atoms with Crippen LogP contribution in [0.25, 0.3) is 16.5 Å². The van der Waals surface area contributed by atoms with E-state index in [2.05, 4.69) is 40.5 Å². The van der Waals surface area contributed by atoms with Crippen LogP contribution >= 0.6 is 0 Å². The van der Waals surface area contributed by atoms with E-state index in [0.29, 0.717) is 36.2 Å². The summed E-state index contributed by atoms with van der Waals surface area (Å²) in [5.74, 6) is 0.215. The van der Waals surface area contributed by atoms with Crippen molar-refractivity contribution in [2.75, 3.05) is 40.4 Å². The molecule has 5 rings (SSSR count). The van der Waals surface area contributed by atoms with Crippen molar-refractivity contribution in [3.05, 3.63) is 58.7 Å². The lowest BCUT2D eigenvalue weighted by Gasteiger charge is -2.27. The zero-order chi connectivity index (χ0) is 28.9. The second kappa shape index (κ2) is 13.1. The van der Waals surface area contributed by atoms with E-state index in [0.717, 1.165) is 61.5 Å². The quantitative estimate of drug-likeness (QED) is 0.393. The zero-order valence-corrected chi connectivity index (χ0v) is 24.6. The molecule has 0 bridgehead atoms. The molecule has 3 aliphatic heterocycles. The van der Waals surface area contributed by atoms with E-state index in [9.17, 15) is 5.11 Å². The van der Waals surface area contributed by atoms with Crippen LogP contribution in [0.5, 0.6) is 5.75 Å².